The van der Waals surface area contributed by atoms with E-state index in [2.05, 4.69) is 0 Å². The number of aromatic nitrogens is 1. The van der Waals surface area contributed by atoms with Crippen molar-refractivity contribution in [3.63, 3.8) is 0 Å². The van der Waals surface area contributed by atoms with Gasteiger partial charge in [0, 0.05) is 14.1 Å². The van der Waals surface area contributed by atoms with Crippen LogP contribution in [0, 0.1) is 11.5 Å². The molecule has 3 nitrogen and oxygen atoms in total. The normalized spacial score (nSPS) is 9.81. The van der Waals surface area contributed by atoms with Gasteiger partial charge in [-0.25, -0.2) is 0 Å². The van der Waals surface area contributed by atoms with Gasteiger partial charge in [0.25, 0.3) is 0 Å². The summed E-state index contributed by atoms with van der Waals surface area (Å²) in [7, 11) is -2.12. The number of nitrogens with zero attached hydrogens (tertiary/aromatic N) is 3. The third-order valence-corrected chi connectivity index (χ3v) is 1.42. The van der Waals surface area contributed by atoms with Crippen LogP contribution >= 0.6 is 0 Å². The molecule has 0 aliphatic rings. The molecule has 1 aromatic rings. The zero-order chi connectivity index (χ0) is 12.8. The van der Waals surface area contributed by atoms with Gasteiger partial charge in [-0.05, 0) is 12.1 Å². The van der Waals surface area contributed by atoms with Gasteiger partial charge >= 0.3 is 13.4 Å². The molecule has 0 saturated heterocycles. The second-order valence-corrected chi connectivity index (χ2v) is 2.96. The fourth-order valence-corrected chi connectivity index (χ4v) is 0.790. The third kappa shape index (κ3) is 7.61. The molecule has 88 valence electrons. The topological polar surface area (TPSA) is 30.9 Å². The van der Waals surface area contributed by atoms with Crippen LogP contribution in [0.4, 0.5) is 23.0 Å². The van der Waals surface area contributed by atoms with Crippen molar-refractivity contribution in [3.8, 4) is 6.19 Å². The molecule has 0 amide bonds. The van der Waals surface area contributed by atoms with Gasteiger partial charge < -0.3 is 22.2 Å². The van der Waals surface area contributed by atoms with Crippen LogP contribution in [0.2, 0.25) is 0 Å². The standard InChI is InChI=1S/C8H10N3.BF4/c1-10(2)8-4-3-5-11(6-8)7-9;2-1(3,4)5/h3-6H,1-2H3;/q+1;-1. The molecule has 16 heavy (non-hydrogen) atoms. The molecule has 1 heterocycles. The van der Waals surface area contributed by atoms with Crippen LogP contribution in [0.3, 0.4) is 0 Å². The Morgan fingerprint density at radius 2 is 1.81 bits per heavy atom. The highest BCUT2D eigenvalue weighted by atomic mass is 19.5. The first-order valence-corrected chi connectivity index (χ1v) is 4.20. The summed E-state index contributed by atoms with van der Waals surface area (Å²) in [4.78, 5) is 1.95. The monoisotopic (exact) mass is 235 g/mol. The summed E-state index contributed by atoms with van der Waals surface area (Å²) in [6.07, 6.45) is 5.51. The van der Waals surface area contributed by atoms with Crippen molar-refractivity contribution in [3.05, 3.63) is 24.5 Å². The third-order valence-electron chi connectivity index (χ3n) is 1.42. The zero-order valence-electron chi connectivity index (χ0n) is 8.74. The van der Waals surface area contributed by atoms with Crippen molar-refractivity contribution in [1.29, 1.82) is 5.26 Å². The Kier molecular flexibility index (Phi) is 5.29. The molecule has 0 aromatic carbocycles. The number of nitriles is 1. The number of hydrogen-bond donors (Lipinski definition) is 0. The van der Waals surface area contributed by atoms with Crippen LogP contribution in [0.1, 0.15) is 0 Å². The first-order chi connectivity index (χ1) is 7.24. The Morgan fingerprint density at radius 1 is 1.31 bits per heavy atom. The Hall–Kier alpha value is -1.78. The van der Waals surface area contributed by atoms with E-state index >= 15 is 0 Å². The van der Waals surface area contributed by atoms with Crippen LogP contribution in [0.5, 0.6) is 0 Å². The first kappa shape index (κ1) is 14.2. The van der Waals surface area contributed by atoms with Crippen molar-refractivity contribution in [2.75, 3.05) is 19.0 Å². The lowest BCUT2D eigenvalue weighted by molar-refractivity contribution is -0.585. The van der Waals surface area contributed by atoms with Gasteiger partial charge in [0.1, 0.15) is 12.4 Å². The highest BCUT2D eigenvalue weighted by Gasteiger charge is 2.20. The average molecular weight is 235 g/mol. The first-order valence-electron chi connectivity index (χ1n) is 4.20. The minimum Gasteiger partial charge on any atom is -0.418 e. The maximum atomic E-state index is 9.75. The molecule has 0 spiro atoms. The summed E-state index contributed by atoms with van der Waals surface area (Å²) in [5, 5.41) is 8.54. The predicted molar refractivity (Wildman–Crippen MR) is 52.2 cm³/mol. The van der Waals surface area contributed by atoms with E-state index < -0.39 is 7.25 Å². The minimum absolute atomic E-state index is 1.02. The van der Waals surface area contributed by atoms with E-state index in [-0.39, 0.29) is 0 Å². The number of halogens is 4. The molecule has 0 bridgehead atoms. The SMILES string of the molecule is CN(C)c1ccc[n+](C#N)c1.F[B-](F)(F)F. The van der Waals surface area contributed by atoms with Gasteiger partial charge in [-0.1, -0.05) is 0 Å². The number of anilines is 1. The summed E-state index contributed by atoms with van der Waals surface area (Å²) >= 11 is 0. The van der Waals surface area contributed by atoms with Crippen LogP contribution in [-0.4, -0.2) is 21.3 Å². The summed E-state index contributed by atoms with van der Waals surface area (Å²) in [6.45, 7) is 0. The van der Waals surface area contributed by atoms with Crippen molar-refractivity contribution in [2.24, 2.45) is 0 Å². The predicted octanol–water partition coefficient (Wildman–Crippen LogP) is 1.67. The molecule has 0 radical (unpaired) electrons. The molecule has 0 fully saturated rings. The summed E-state index contributed by atoms with van der Waals surface area (Å²) < 4.78 is 40.5. The molecule has 8 heteroatoms. The van der Waals surface area contributed by atoms with Gasteiger partial charge in [0.2, 0.25) is 0 Å². The van der Waals surface area contributed by atoms with Crippen LogP contribution < -0.4 is 9.47 Å². The molecule has 0 aliphatic heterocycles. The minimum atomic E-state index is -6.00. The fourth-order valence-electron chi connectivity index (χ4n) is 0.790. The number of rotatable bonds is 1. The molecule has 0 unspecified atom stereocenters. The van der Waals surface area contributed by atoms with Crippen LogP contribution in [0.15, 0.2) is 24.5 Å². The van der Waals surface area contributed by atoms with Crippen LogP contribution in [0.25, 0.3) is 0 Å². The van der Waals surface area contributed by atoms with E-state index in [1.54, 1.807) is 12.4 Å². The van der Waals surface area contributed by atoms with Gasteiger partial charge in [0.05, 0.1) is 5.69 Å². The lowest BCUT2D eigenvalue weighted by atomic mass is 10.3. The Labute approximate surface area is 90.6 Å². The van der Waals surface area contributed by atoms with E-state index in [1.807, 2.05) is 37.3 Å². The van der Waals surface area contributed by atoms with Crippen molar-refractivity contribution in [1.82, 2.24) is 0 Å². The fraction of sp³-hybridized carbons (Fsp3) is 0.250. The van der Waals surface area contributed by atoms with Gasteiger partial charge in [0.15, 0.2) is 5.26 Å². The highest BCUT2D eigenvalue weighted by molar-refractivity contribution is 6.50. The van der Waals surface area contributed by atoms with Gasteiger partial charge in [-0.15, -0.1) is 4.57 Å². The quantitative estimate of drug-likeness (QED) is 0.421. The summed E-state index contributed by atoms with van der Waals surface area (Å²) in [6, 6.07) is 3.80. The van der Waals surface area contributed by atoms with E-state index in [4.69, 9.17) is 5.26 Å². The zero-order valence-corrected chi connectivity index (χ0v) is 8.74. The number of hydrogen-bond acceptors (Lipinski definition) is 2. The maximum absolute atomic E-state index is 9.75. The Morgan fingerprint density at radius 3 is 2.19 bits per heavy atom. The largest absolute Gasteiger partial charge is 0.673 e. The second-order valence-electron chi connectivity index (χ2n) is 2.96. The van der Waals surface area contributed by atoms with Crippen molar-refractivity contribution >= 4 is 12.9 Å². The summed E-state index contributed by atoms with van der Waals surface area (Å²) in [5.74, 6) is 0. The van der Waals surface area contributed by atoms with E-state index in [9.17, 15) is 17.3 Å². The lowest BCUT2D eigenvalue weighted by Crippen LogP contribution is -2.27. The smallest absolute Gasteiger partial charge is 0.418 e. The average Bonchev–Trinajstić information content (AvgIpc) is 2.15. The molecular formula is C8H10BF4N3. The second kappa shape index (κ2) is 5.95. The van der Waals surface area contributed by atoms with E-state index in [0.29, 0.717) is 0 Å². The molecule has 0 atom stereocenters. The number of pyridine rings is 1. The Bertz CT molecular complexity index is 366. The Balaban J connectivity index is 0.000000385. The summed E-state index contributed by atoms with van der Waals surface area (Å²) in [5.41, 5.74) is 1.02. The van der Waals surface area contributed by atoms with E-state index in [1.165, 1.54) is 4.57 Å². The molecule has 1 rings (SSSR count). The van der Waals surface area contributed by atoms with E-state index in [0.717, 1.165) is 5.69 Å². The molecule has 1 aromatic heterocycles. The lowest BCUT2D eigenvalue weighted by Gasteiger charge is -2.09. The van der Waals surface area contributed by atoms with Crippen LogP contribution in [-0.2, 0) is 0 Å². The molecular weight excluding hydrogens is 225 g/mol. The van der Waals surface area contributed by atoms with Crippen molar-refractivity contribution in [2.45, 2.75) is 0 Å². The molecule has 0 saturated carbocycles. The molecule has 0 aliphatic carbocycles. The van der Waals surface area contributed by atoms with Gasteiger partial charge in [-0.2, -0.15) is 0 Å². The molecule has 0 N–H and O–H groups in total. The van der Waals surface area contributed by atoms with Crippen molar-refractivity contribution < 1.29 is 21.8 Å². The maximum Gasteiger partial charge on any atom is 0.673 e. The van der Waals surface area contributed by atoms with Gasteiger partial charge in [-0.3, -0.25) is 0 Å². The highest BCUT2D eigenvalue weighted by Crippen LogP contribution is 2.06.